The lowest BCUT2D eigenvalue weighted by Gasteiger charge is -2.07. The van der Waals surface area contributed by atoms with Crippen molar-refractivity contribution in [3.8, 4) is 5.69 Å². The highest BCUT2D eigenvalue weighted by molar-refractivity contribution is 7.67. The minimum Gasteiger partial charge on any atom is -0.469 e. The Hall–Kier alpha value is -1.73. The van der Waals surface area contributed by atoms with Crippen LogP contribution in [-0.2, 0) is 16.0 Å². The van der Waals surface area contributed by atoms with Gasteiger partial charge in [-0.3, -0.25) is 14.4 Å². The average Bonchev–Trinajstić information content (AvgIpc) is 2.70. The lowest BCUT2D eigenvalue weighted by molar-refractivity contribution is -0.139. The van der Waals surface area contributed by atoms with E-state index in [2.05, 4.69) is 4.74 Å². The van der Waals surface area contributed by atoms with Gasteiger partial charge in [0, 0.05) is 0 Å². The second kappa shape index (κ2) is 5.28. The van der Waals surface area contributed by atoms with E-state index >= 15 is 0 Å². The molecule has 7 heteroatoms. The van der Waals surface area contributed by atoms with E-state index in [4.69, 9.17) is 0 Å². The number of methoxy groups -OCH3 is 1. The van der Waals surface area contributed by atoms with E-state index < -0.39 is 5.97 Å². The van der Waals surface area contributed by atoms with Crippen LogP contribution in [0, 0.1) is 0 Å². The SMILES string of the molecule is COC(=O)Cc1ccccc1-n1c(=O)ssc1=O. The molecule has 2 rings (SSSR count). The van der Waals surface area contributed by atoms with Crippen molar-refractivity contribution in [1.29, 1.82) is 0 Å². The number of ether oxygens (including phenoxy) is 1. The Morgan fingerprint density at radius 2 is 1.83 bits per heavy atom. The fraction of sp³-hybridized carbons (Fsp3) is 0.182. The summed E-state index contributed by atoms with van der Waals surface area (Å²) >= 11 is 0. The van der Waals surface area contributed by atoms with Crippen molar-refractivity contribution >= 4 is 26.7 Å². The van der Waals surface area contributed by atoms with E-state index in [1.807, 2.05) is 0 Å². The first-order valence-corrected chi connectivity index (χ1v) is 7.15. The second-order valence-corrected chi connectivity index (χ2v) is 5.45. The summed E-state index contributed by atoms with van der Waals surface area (Å²) in [6.45, 7) is 0. The molecule has 1 aromatic heterocycles. The Kier molecular flexibility index (Phi) is 3.73. The van der Waals surface area contributed by atoms with Crippen LogP contribution in [0.2, 0.25) is 0 Å². The molecule has 0 aliphatic heterocycles. The van der Waals surface area contributed by atoms with Gasteiger partial charge in [-0.05, 0) is 32.3 Å². The first-order chi connectivity index (χ1) is 8.63. The summed E-state index contributed by atoms with van der Waals surface area (Å²) in [7, 11) is 3.05. The molecule has 0 aliphatic carbocycles. The highest BCUT2D eigenvalue weighted by Crippen LogP contribution is 2.13. The standard InChI is InChI=1S/C11H9NO4S2/c1-16-9(13)6-7-4-2-3-5-8(7)12-10(14)17-18-11(12)15/h2-5H,6H2,1H3. The molecule has 0 bridgehead atoms. The summed E-state index contributed by atoms with van der Waals surface area (Å²) in [6.07, 6.45) is 0.0269. The lowest BCUT2D eigenvalue weighted by atomic mass is 10.1. The van der Waals surface area contributed by atoms with Gasteiger partial charge in [-0.25, -0.2) is 4.57 Å². The molecule has 94 valence electrons. The van der Waals surface area contributed by atoms with E-state index in [1.165, 1.54) is 7.11 Å². The molecule has 5 nitrogen and oxygen atoms in total. The molecule has 0 aliphatic rings. The zero-order valence-electron chi connectivity index (χ0n) is 9.41. The van der Waals surface area contributed by atoms with Crippen molar-refractivity contribution in [3.05, 3.63) is 49.2 Å². The van der Waals surface area contributed by atoms with Crippen molar-refractivity contribution in [2.45, 2.75) is 6.42 Å². The van der Waals surface area contributed by atoms with Crippen LogP contribution in [0.3, 0.4) is 0 Å². The third-order valence-electron chi connectivity index (χ3n) is 2.34. The minimum absolute atomic E-state index is 0.0269. The van der Waals surface area contributed by atoms with Crippen LogP contribution in [0.25, 0.3) is 5.69 Å². The zero-order valence-corrected chi connectivity index (χ0v) is 11.0. The fourth-order valence-electron chi connectivity index (χ4n) is 1.52. The quantitative estimate of drug-likeness (QED) is 0.623. The Morgan fingerprint density at radius 1 is 1.22 bits per heavy atom. The van der Waals surface area contributed by atoms with Crippen LogP contribution < -0.4 is 9.75 Å². The van der Waals surface area contributed by atoms with Crippen molar-refractivity contribution in [1.82, 2.24) is 4.57 Å². The molecular weight excluding hydrogens is 274 g/mol. The van der Waals surface area contributed by atoms with E-state index in [9.17, 15) is 14.4 Å². The summed E-state index contributed by atoms with van der Waals surface area (Å²) in [5.41, 5.74) is 1.03. The van der Waals surface area contributed by atoms with Gasteiger partial charge in [0.15, 0.2) is 0 Å². The molecular formula is C11H9NO4S2. The first kappa shape index (κ1) is 12.7. The van der Waals surface area contributed by atoms with E-state index in [1.54, 1.807) is 24.3 Å². The van der Waals surface area contributed by atoms with Crippen LogP contribution >= 0.6 is 20.7 Å². The van der Waals surface area contributed by atoms with Gasteiger partial charge in [0.2, 0.25) is 0 Å². The molecule has 1 aromatic carbocycles. The number of hydrogen-bond acceptors (Lipinski definition) is 6. The second-order valence-electron chi connectivity index (χ2n) is 3.42. The van der Waals surface area contributed by atoms with Gasteiger partial charge in [0.25, 0.3) is 0 Å². The molecule has 0 saturated carbocycles. The third-order valence-corrected chi connectivity index (χ3v) is 4.18. The van der Waals surface area contributed by atoms with Crippen molar-refractivity contribution in [2.75, 3.05) is 7.11 Å². The molecule has 1 heterocycles. The maximum Gasteiger partial charge on any atom is 0.325 e. The van der Waals surface area contributed by atoms with Crippen LogP contribution in [0.5, 0.6) is 0 Å². The number of benzene rings is 1. The van der Waals surface area contributed by atoms with Gasteiger partial charge < -0.3 is 4.74 Å². The van der Waals surface area contributed by atoms with Gasteiger partial charge in [0.1, 0.15) is 0 Å². The molecule has 0 unspecified atom stereocenters. The number of para-hydroxylation sites is 1. The van der Waals surface area contributed by atoms with Crippen molar-refractivity contribution in [3.63, 3.8) is 0 Å². The van der Waals surface area contributed by atoms with Crippen LogP contribution in [0.4, 0.5) is 0 Å². The number of rotatable bonds is 3. The summed E-state index contributed by atoms with van der Waals surface area (Å²) in [5.74, 6) is -0.415. The highest BCUT2D eigenvalue weighted by Gasteiger charge is 2.13. The lowest BCUT2D eigenvalue weighted by Crippen LogP contribution is -2.23. The van der Waals surface area contributed by atoms with E-state index in [-0.39, 0.29) is 16.2 Å². The molecule has 0 N–H and O–H groups in total. The molecule has 0 fully saturated rings. The number of nitrogens with zero attached hydrogens (tertiary/aromatic N) is 1. The van der Waals surface area contributed by atoms with E-state index in [0.29, 0.717) is 11.3 Å². The predicted molar refractivity (Wildman–Crippen MR) is 69.8 cm³/mol. The Morgan fingerprint density at radius 3 is 2.44 bits per heavy atom. The van der Waals surface area contributed by atoms with Crippen molar-refractivity contribution in [2.24, 2.45) is 0 Å². The predicted octanol–water partition coefficient (Wildman–Crippen LogP) is 1.04. The number of carbonyl (C=O) groups is 1. The normalized spacial score (nSPS) is 10.3. The van der Waals surface area contributed by atoms with Gasteiger partial charge in [-0.15, -0.1) is 0 Å². The maximum atomic E-state index is 11.6. The Labute approximate surface area is 109 Å². The molecule has 0 radical (unpaired) electrons. The Bertz CT molecular complexity index is 655. The highest BCUT2D eigenvalue weighted by atomic mass is 32.9. The van der Waals surface area contributed by atoms with Crippen LogP contribution in [0.15, 0.2) is 33.9 Å². The van der Waals surface area contributed by atoms with E-state index in [0.717, 1.165) is 25.2 Å². The van der Waals surface area contributed by atoms with Gasteiger partial charge in [-0.2, -0.15) is 0 Å². The topological polar surface area (TPSA) is 65.4 Å². The third kappa shape index (κ3) is 2.41. The number of hydrogen-bond donors (Lipinski definition) is 0. The summed E-state index contributed by atoms with van der Waals surface area (Å²) in [5, 5.41) is 0. The van der Waals surface area contributed by atoms with Crippen molar-refractivity contribution < 1.29 is 9.53 Å². The van der Waals surface area contributed by atoms with Gasteiger partial charge in [0.05, 0.1) is 19.2 Å². The Balaban J connectivity index is 2.55. The molecule has 0 atom stereocenters. The zero-order chi connectivity index (χ0) is 13.1. The van der Waals surface area contributed by atoms with Crippen LogP contribution in [0.1, 0.15) is 5.56 Å². The molecule has 0 amide bonds. The summed E-state index contributed by atoms with van der Waals surface area (Å²) in [4.78, 5) is 33.8. The molecule has 2 aromatic rings. The largest absolute Gasteiger partial charge is 0.469 e. The number of esters is 1. The molecule has 0 saturated heterocycles. The van der Waals surface area contributed by atoms with Gasteiger partial charge >= 0.3 is 15.7 Å². The first-order valence-electron chi connectivity index (χ1n) is 5.00. The molecule has 0 spiro atoms. The fourth-order valence-corrected chi connectivity index (χ4v) is 3.11. The minimum atomic E-state index is -0.415. The summed E-state index contributed by atoms with van der Waals surface area (Å²) in [6, 6.07) is 6.79. The van der Waals surface area contributed by atoms with Crippen LogP contribution in [-0.4, -0.2) is 17.6 Å². The average molecular weight is 283 g/mol. The molecule has 18 heavy (non-hydrogen) atoms. The number of carbonyl (C=O) groups excluding carboxylic acids is 1. The monoisotopic (exact) mass is 283 g/mol. The smallest absolute Gasteiger partial charge is 0.325 e. The maximum absolute atomic E-state index is 11.6. The summed E-state index contributed by atoms with van der Waals surface area (Å²) < 4.78 is 5.66. The number of aromatic nitrogens is 1. The van der Waals surface area contributed by atoms with Gasteiger partial charge in [-0.1, -0.05) is 18.2 Å².